The van der Waals surface area contributed by atoms with Gasteiger partial charge >= 0.3 is 0 Å². The lowest BCUT2D eigenvalue weighted by Crippen LogP contribution is -2.58. The molecule has 1 amide bonds. The molecule has 0 aromatic heterocycles. The van der Waals surface area contributed by atoms with E-state index in [1.807, 2.05) is 18.9 Å². The molecule has 1 aromatic rings. The van der Waals surface area contributed by atoms with Crippen LogP contribution in [-0.4, -0.2) is 32.1 Å². The van der Waals surface area contributed by atoms with Gasteiger partial charge in [0.05, 0.1) is 0 Å². The van der Waals surface area contributed by atoms with Crippen molar-refractivity contribution in [3.8, 4) is 0 Å². The quantitative estimate of drug-likeness (QED) is 0.824. The summed E-state index contributed by atoms with van der Waals surface area (Å²) in [4.78, 5) is 13.5. The molecule has 0 radical (unpaired) electrons. The molecule has 0 aliphatic heterocycles. The molecule has 0 bridgehead atoms. The van der Waals surface area contributed by atoms with E-state index in [2.05, 4.69) is 37.4 Å². The number of benzene rings is 1. The van der Waals surface area contributed by atoms with E-state index in [0.29, 0.717) is 6.54 Å². The van der Waals surface area contributed by atoms with Gasteiger partial charge in [0.1, 0.15) is 5.54 Å². The fourth-order valence-electron chi connectivity index (χ4n) is 2.02. The summed E-state index contributed by atoms with van der Waals surface area (Å²) in [6.07, 6.45) is 0. The molecule has 0 aliphatic carbocycles. The maximum absolute atomic E-state index is 11.5. The number of nitrogens with zero attached hydrogens (tertiary/aromatic N) is 1. The van der Waals surface area contributed by atoms with Crippen molar-refractivity contribution in [2.75, 3.05) is 25.5 Å². The summed E-state index contributed by atoms with van der Waals surface area (Å²) in [7, 11) is 3.72. The molecule has 0 spiro atoms. The number of likely N-dealkylation sites (N-methyl/N-ethyl adjacent to an activating group) is 2. The van der Waals surface area contributed by atoms with Crippen molar-refractivity contribution >= 4 is 11.6 Å². The third-order valence-electron chi connectivity index (χ3n) is 3.30. The number of amides is 1. The Kier molecular flexibility index (Phi) is 4.35. The molecule has 0 saturated heterocycles. The van der Waals surface area contributed by atoms with Crippen molar-refractivity contribution in [1.82, 2.24) is 5.32 Å². The molecular weight excluding hydrogens is 226 g/mol. The fraction of sp³-hybridized carbons (Fsp3) is 0.500. The average Bonchev–Trinajstić information content (AvgIpc) is 2.27. The molecule has 3 N–H and O–H groups in total. The predicted octanol–water partition coefficient (Wildman–Crippen LogP) is 1.20. The topological polar surface area (TPSA) is 58.4 Å². The first-order chi connectivity index (χ1) is 8.28. The second kappa shape index (κ2) is 5.40. The Morgan fingerprint density at radius 2 is 1.83 bits per heavy atom. The average molecular weight is 249 g/mol. The van der Waals surface area contributed by atoms with Crippen LogP contribution in [0, 0.1) is 13.8 Å². The number of carbonyl (C=O) groups is 1. The van der Waals surface area contributed by atoms with Crippen LogP contribution in [0.1, 0.15) is 18.1 Å². The standard InChI is InChI=1S/C14H23N3O/c1-10-6-11(2)8-12(7-10)17(5)9-14(3,16-4)13(15)18/h6-8,16H,9H2,1-5H3,(H2,15,18). The summed E-state index contributed by atoms with van der Waals surface area (Å²) in [6, 6.07) is 6.33. The summed E-state index contributed by atoms with van der Waals surface area (Å²) in [6.45, 7) is 6.47. The largest absolute Gasteiger partial charge is 0.372 e. The van der Waals surface area contributed by atoms with Gasteiger partial charge in [-0.1, -0.05) is 6.07 Å². The molecular formula is C14H23N3O. The molecule has 1 rings (SSSR count). The smallest absolute Gasteiger partial charge is 0.239 e. The van der Waals surface area contributed by atoms with Gasteiger partial charge in [-0.05, 0) is 51.1 Å². The van der Waals surface area contributed by atoms with Crippen LogP contribution in [0.15, 0.2) is 18.2 Å². The van der Waals surface area contributed by atoms with Crippen molar-refractivity contribution in [3.63, 3.8) is 0 Å². The molecule has 0 heterocycles. The molecule has 18 heavy (non-hydrogen) atoms. The molecule has 0 aliphatic rings. The van der Waals surface area contributed by atoms with Gasteiger partial charge in [-0.25, -0.2) is 0 Å². The molecule has 4 heteroatoms. The number of primary amides is 1. The SMILES string of the molecule is CNC(C)(CN(C)c1cc(C)cc(C)c1)C(N)=O. The summed E-state index contributed by atoms with van der Waals surface area (Å²) >= 11 is 0. The Balaban J connectivity index is 2.94. The number of carbonyl (C=O) groups excluding carboxylic acids is 1. The van der Waals surface area contributed by atoms with E-state index in [1.165, 1.54) is 11.1 Å². The number of hydrogen-bond acceptors (Lipinski definition) is 3. The minimum atomic E-state index is -0.730. The highest BCUT2D eigenvalue weighted by atomic mass is 16.1. The Morgan fingerprint density at radius 3 is 2.22 bits per heavy atom. The summed E-state index contributed by atoms with van der Waals surface area (Å²) in [5.41, 5.74) is 8.22. The fourth-order valence-corrected chi connectivity index (χ4v) is 2.02. The van der Waals surface area contributed by atoms with Crippen LogP contribution >= 0.6 is 0 Å². The van der Waals surface area contributed by atoms with Crippen LogP contribution in [0.25, 0.3) is 0 Å². The van der Waals surface area contributed by atoms with E-state index in [-0.39, 0.29) is 5.91 Å². The number of hydrogen-bond donors (Lipinski definition) is 2. The molecule has 4 nitrogen and oxygen atoms in total. The zero-order chi connectivity index (χ0) is 13.9. The lowest BCUT2D eigenvalue weighted by Gasteiger charge is -2.32. The monoisotopic (exact) mass is 249 g/mol. The first-order valence-corrected chi connectivity index (χ1v) is 6.07. The van der Waals surface area contributed by atoms with Crippen LogP contribution in [-0.2, 0) is 4.79 Å². The highest BCUT2D eigenvalue weighted by Crippen LogP contribution is 2.19. The molecule has 0 fully saturated rings. The van der Waals surface area contributed by atoms with Gasteiger partial charge in [-0.15, -0.1) is 0 Å². The Hall–Kier alpha value is -1.55. The normalized spacial score (nSPS) is 14.1. The van der Waals surface area contributed by atoms with E-state index in [0.717, 1.165) is 5.69 Å². The highest BCUT2D eigenvalue weighted by molar-refractivity contribution is 5.85. The van der Waals surface area contributed by atoms with Gasteiger partial charge in [0, 0.05) is 19.3 Å². The molecule has 1 unspecified atom stereocenters. The second-order valence-corrected chi connectivity index (χ2v) is 5.15. The second-order valence-electron chi connectivity index (χ2n) is 5.15. The Labute approximate surface area is 109 Å². The summed E-state index contributed by atoms with van der Waals surface area (Å²) in [5, 5.41) is 2.99. The lowest BCUT2D eigenvalue weighted by atomic mass is 10.0. The Bertz CT molecular complexity index is 424. The lowest BCUT2D eigenvalue weighted by molar-refractivity contribution is -0.123. The third kappa shape index (κ3) is 3.23. The van der Waals surface area contributed by atoms with Crippen molar-refractivity contribution < 1.29 is 4.79 Å². The first-order valence-electron chi connectivity index (χ1n) is 6.07. The highest BCUT2D eigenvalue weighted by Gasteiger charge is 2.30. The number of nitrogens with one attached hydrogen (secondary N) is 1. The summed E-state index contributed by atoms with van der Waals surface area (Å²) in [5.74, 6) is -0.346. The minimum absolute atomic E-state index is 0.346. The van der Waals surface area contributed by atoms with Gasteiger partial charge in [0.25, 0.3) is 0 Å². The maximum atomic E-state index is 11.5. The van der Waals surface area contributed by atoms with E-state index in [4.69, 9.17) is 5.73 Å². The first kappa shape index (κ1) is 14.5. The van der Waals surface area contributed by atoms with Gasteiger partial charge in [0.2, 0.25) is 5.91 Å². The van der Waals surface area contributed by atoms with Crippen molar-refractivity contribution in [1.29, 1.82) is 0 Å². The number of anilines is 1. The van der Waals surface area contributed by atoms with Crippen LogP contribution in [0.2, 0.25) is 0 Å². The van der Waals surface area contributed by atoms with Crippen molar-refractivity contribution in [3.05, 3.63) is 29.3 Å². The van der Waals surface area contributed by atoms with Crippen LogP contribution in [0.4, 0.5) is 5.69 Å². The van der Waals surface area contributed by atoms with Crippen molar-refractivity contribution in [2.24, 2.45) is 5.73 Å². The molecule has 0 saturated carbocycles. The van der Waals surface area contributed by atoms with Gasteiger partial charge in [-0.3, -0.25) is 4.79 Å². The number of nitrogens with two attached hydrogens (primary N) is 1. The van der Waals surface area contributed by atoms with Crippen LogP contribution in [0.3, 0.4) is 0 Å². The predicted molar refractivity (Wildman–Crippen MR) is 75.8 cm³/mol. The molecule has 100 valence electrons. The minimum Gasteiger partial charge on any atom is -0.372 e. The Morgan fingerprint density at radius 1 is 1.33 bits per heavy atom. The van der Waals surface area contributed by atoms with Gasteiger partial charge < -0.3 is 16.0 Å². The third-order valence-corrected chi connectivity index (χ3v) is 3.30. The van der Waals surface area contributed by atoms with Gasteiger partial charge in [0.15, 0.2) is 0 Å². The zero-order valence-corrected chi connectivity index (χ0v) is 11.9. The number of rotatable bonds is 5. The van der Waals surface area contributed by atoms with E-state index in [1.54, 1.807) is 7.05 Å². The number of aryl methyl sites for hydroxylation is 2. The van der Waals surface area contributed by atoms with Crippen LogP contribution in [0.5, 0.6) is 0 Å². The zero-order valence-electron chi connectivity index (χ0n) is 11.9. The van der Waals surface area contributed by atoms with E-state index in [9.17, 15) is 4.79 Å². The summed E-state index contributed by atoms with van der Waals surface area (Å²) < 4.78 is 0. The maximum Gasteiger partial charge on any atom is 0.239 e. The van der Waals surface area contributed by atoms with E-state index >= 15 is 0 Å². The molecule has 1 atom stereocenters. The van der Waals surface area contributed by atoms with Crippen molar-refractivity contribution in [2.45, 2.75) is 26.3 Å². The van der Waals surface area contributed by atoms with Gasteiger partial charge in [-0.2, -0.15) is 0 Å². The van der Waals surface area contributed by atoms with Crippen LogP contribution < -0.4 is 16.0 Å². The molecule has 1 aromatic carbocycles. The van der Waals surface area contributed by atoms with E-state index < -0.39 is 5.54 Å².